The van der Waals surface area contributed by atoms with E-state index in [1.165, 1.54) is 6.42 Å². The first-order chi connectivity index (χ1) is 10.8. The number of fused-ring (bicyclic) bond motifs is 1. The minimum absolute atomic E-state index is 0.158. The van der Waals surface area contributed by atoms with Crippen molar-refractivity contribution in [3.8, 4) is 11.5 Å². The van der Waals surface area contributed by atoms with Gasteiger partial charge in [-0.25, -0.2) is 4.79 Å². The zero-order valence-electron chi connectivity index (χ0n) is 12.4. The van der Waals surface area contributed by atoms with Gasteiger partial charge in [-0.1, -0.05) is 0 Å². The van der Waals surface area contributed by atoms with Crippen molar-refractivity contribution in [1.29, 1.82) is 0 Å². The van der Waals surface area contributed by atoms with Gasteiger partial charge < -0.3 is 24.8 Å². The lowest BCUT2D eigenvalue weighted by molar-refractivity contribution is -0.0507. The highest BCUT2D eigenvalue weighted by Crippen LogP contribution is 2.48. The molecule has 1 unspecified atom stereocenters. The van der Waals surface area contributed by atoms with Crippen molar-refractivity contribution >= 4 is 11.7 Å². The molecule has 4 rings (SSSR count). The molecule has 0 radical (unpaired) electrons. The molecule has 1 spiro atoms. The van der Waals surface area contributed by atoms with Crippen LogP contribution in [0.5, 0.6) is 11.5 Å². The van der Waals surface area contributed by atoms with Gasteiger partial charge in [-0.2, -0.15) is 0 Å². The Hall–Kier alpha value is -1.95. The molecule has 0 aromatic heterocycles. The minimum Gasteiger partial charge on any atom is -0.454 e. The van der Waals surface area contributed by atoms with Gasteiger partial charge in [0, 0.05) is 31.0 Å². The molecule has 2 amide bonds. The summed E-state index contributed by atoms with van der Waals surface area (Å²) in [6, 6.07) is 5.51. The smallest absolute Gasteiger partial charge is 0.319 e. The summed E-state index contributed by atoms with van der Waals surface area (Å²) < 4.78 is 16.0. The molecule has 22 heavy (non-hydrogen) atoms. The van der Waals surface area contributed by atoms with Crippen LogP contribution in [-0.4, -0.2) is 32.1 Å². The normalized spacial score (nSPS) is 24.6. The molecular weight excluding hydrogens is 284 g/mol. The Balaban J connectivity index is 1.37. The van der Waals surface area contributed by atoms with E-state index < -0.39 is 0 Å². The third-order valence-electron chi connectivity index (χ3n) is 5.09. The van der Waals surface area contributed by atoms with Gasteiger partial charge in [-0.15, -0.1) is 0 Å². The number of benzene rings is 1. The zero-order valence-corrected chi connectivity index (χ0v) is 12.4. The summed E-state index contributed by atoms with van der Waals surface area (Å²) >= 11 is 0. The predicted molar refractivity (Wildman–Crippen MR) is 80.2 cm³/mol. The standard InChI is InChI=1S/C16H20N2O4/c19-15(17-11-1-2-12-13(9-11)22-10-21-12)18-14-3-4-16(14)5-7-20-8-6-16/h1-2,9,14H,3-8,10H2,(H2,17,18,19). The van der Waals surface area contributed by atoms with Crippen molar-refractivity contribution in [1.82, 2.24) is 5.32 Å². The van der Waals surface area contributed by atoms with Crippen LogP contribution in [0.3, 0.4) is 0 Å². The SMILES string of the molecule is O=C(Nc1ccc2c(c1)OCO2)NC1CCC12CCOCC2. The second kappa shape index (κ2) is 5.35. The monoisotopic (exact) mass is 304 g/mol. The first-order valence-electron chi connectivity index (χ1n) is 7.80. The highest BCUT2D eigenvalue weighted by molar-refractivity contribution is 5.90. The highest BCUT2D eigenvalue weighted by atomic mass is 16.7. The second-order valence-electron chi connectivity index (χ2n) is 6.23. The molecule has 1 saturated heterocycles. The number of urea groups is 1. The van der Waals surface area contributed by atoms with Gasteiger partial charge in [0.2, 0.25) is 6.79 Å². The van der Waals surface area contributed by atoms with E-state index in [1.807, 2.05) is 6.07 Å². The summed E-state index contributed by atoms with van der Waals surface area (Å²) in [5, 5.41) is 5.99. The first kappa shape index (κ1) is 13.7. The molecule has 3 aliphatic rings. The summed E-state index contributed by atoms with van der Waals surface area (Å²) in [7, 11) is 0. The predicted octanol–water partition coefficient (Wildman–Crippen LogP) is 2.50. The number of rotatable bonds is 2. The summed E-state index contributed by atoms with van der Waals surface area (Å²) in [5.74, 6) is 1.38. The maximum atomic E-state index is 12.2. The van der Waals surface area contributed by atoms with E-state index in [2.05, 4.69) is 10.6 Å². The number of carbonyl (C=O) groups excluding carboxylic acids is 1. The molecule has 2 heterocycles. The van der Waals surface area contributed by atoms with Gasteiger partial charge in [-0.05, 0) is 43.2 Å². The highest BCUT2D eigenvalue weighted by Gasteiger charge is 2.47. The van der Waals surface area contributed by atoms with E-state index >= 15 is 0 Å². The van der Waals surface area contributed by atoms with Crippen LogP contribution >= 0.6 is 0 Å². The third-order valence-corrected chi connectivity index (χ3v) is 5.09. The second-order valence-corrected chi connectivity index (χ2v) is 6.23. The van der Waals surface area contributed by atoms with E-state index in [-0.39, 0.29) is 24.3 Å². The van der Waals surface area contributed by atoms with Crippen molar-refractivity contribution in [2.24, 2.45) is 5.41 Å². The van der Waals surface area contributed by atoms with Crippen LogP contribution in [-0.2, 0) is 4.74 Å². The van der Waals surface area contributed by atoms with Gasteiger partial charge in [0.05, 0.1) is 0 Å². The molecule has 1 saturated carbocycles. The molecular formula is C16H20N2O4. The fraction of sp³-hybridized carbons (Fsp3) is 0.562. The van der Waals surface area contributed by atoms with E-state index in [4.69, 9.17) is 14.2 Å². The molecule has 0 bridgehead atoms. The topological polar surface area (TPSA) is 68.8 Å². The van der Waals surface area contributed by atoms with Gasteiger partial charge >= 0.3 is 6.03 Å². The molecule has 2 N–H and O–H groups in total. The zero-order chi connectivity index (χ0) is 15.0. The number of amides is 2. The van der Waals surface area contributed by atoms with Crippen molar-refractivity contribution in [2.45, 2.75) is 31.7 Å². The van der Waals surface area contributed by atoms with Crippen LogP contribution in [0.15, 0.2) is 18.2 Å². The third kappa shape index (κ3) is 2.37. The van der Waals surface area contributed by atoms with E-state index in [0.717, 1.165) is 32.5 Å². The Morgan fingerprint density at radius 1 is 1.14 bits per heavy atom. The van der Waals surface area contributed by atoms with Gasteiger partial charge in [-0.3, -0.25) is 0 Å². The molecule has 1 atom stereocenters. The van der Waals surface area contributed by atoms with E-state index in [1.54, 1.807) is 12.1 Å². The number of nitrogens with one attached hydrogen (secondary N) is 2. The van der Waals surface area contributed by atoms with Crippen LogP contribution < -0.4 is 20.1 Å². The fourth-order valence-corrected chi connectivity index (χ4v) is 3.60. The number of hydrogen-bond acceptors (Lipinski definition) is 4. The van der Waals surface area contributed by atoms with Gasteiger partial charge in [0.1, 0.15) is 0 Å². The van der Waals surface area contributed by atoms with E-state index in [0.29, 0.717) is 17.2 Å². The largest absolute Gasteiger partial charge is 0.454 e. The van der Waals surface area contributed by atoms with Crippen LogP contribution in [0.2, 0.25) is 0 Å². The molecule has 1 aromatic rings. The van der Waals surface area contributed by atoms with Crippen molar-refractivity contribution in [2.75, 3.05) is 25.3 Å². The maximum Gasteiger partial charge on any atom is 0.319 e. The maximum absolute atomic E-state index is 12.2. The van der Waals surface area contributed by atoms with E-state index in [9.17, 15) is 4.79 Å². The Kier molecular flexibility index (Phi) is 3.33. The molecule has 6 heteroatoms. The number of hydrogen-bond donors (Lipinski definition) is 2. The molecule has 2 fully saturated rings. The summed E-state index contributed by atoms with van der Waals surface area (Å²) in [6.07, 6.45) is 4.32. The molecule has 2 aliphatic heterocycles. The Labute approximate surface area is 129 Å². The number of carbonyl (C=O) groups is 1. The van der Waals surface area contributed by atoms with Crippen molar-refractivity contribution in [3.63, 3.8) is 0 Å². The average molecular weight is 304 g/mol. The minimum atomic E-state index is -0.158. The summed E-state index contributed by atoms with van der Waals surface area (Å²) in [6.45, 7) is 1.85. The van der Waals surface area contributed by atoms with Crippen LogP contribution in [0.25, 0.3) is 0 Å². The van der Waals surface area contributed by atoms with Crippen molar-refractivity contribution < 1.29 is 19.0 Å². The van der Waals surface area contributed by atoms with Crippen LogP contribution in [0.1, 0.15) is 25.7 Å². The van der Waals surface area contributed by atoms with Gasteiger partial charge in [0.25, 0.3) is 0 Å². The molecule has 1 aromatic carbocycles. The van der Waals surface area contributed by atoms with Gasteiger partial charge in [0.15, 0.2) is 11.5 Å². The fourth-order valence-electron chi connectivity index (χ4n) is 3.60. The lowest BCUT2D eigenvalue weighted by atomic mass is 9.60. The Morgan fingerprint density at radius 3 is 2.73 bits per heavy atom. The molecule has 118 valence electrons. The quantitative estimate of drug-likeness (QED) is 0.881. The lowest BCUT2D eigenvalue weighted by Gasteiger charge is -2.51. The Bertz CT molecular complexity index is 584. The number of anilines is 1. The Morgan fingerprint density at radius 2 is 1.95 bits per heavy atom. The summed E-state index contributed by atoms with van der Waals surface area (Å²) in [5.41, 5.74) is 0.965. The average Bonchev–Trinajstić information content (AvgIpc) is 3.00. The van der Waals surface area contributed by atoms with Crippen molar-refractivity contribution in [3.05, 3.63) is 18.2 Å². The summed E-state index contributed by atoms with van der Waals surface area (Å²) in [4.78, 5) is 12.2. The first-order valence-corrected chi connectivity index (χ1v) is 7.80. The van der Waals surface area contributed by atoms with Crippen LogP contribution in [0, 0.1) is 5.41 Å². The van der Waals surface area contributed by atoms with Crippen LogP contribution in [0.4, 0.5) is 10.5 Å². The molecule has 1 aliphatic carbocycles. The lowest BCUT2D eigenvalue weighted by Crippen LogP contribution is -2.57. The molecule has 6 nitrogen and oxygen atoms in total. The number of ether oxygens (including phenoxy) is 3.